The predicted molar refractivity (Wildman–Crippen MR) is 81.2 cm³/mol. The molecule has 1 heterocycles. The number of nitrogens with two attached hydrogens (primary N) is 1. The maximum atomic E-state index is 12.2. The molecule has 20 heavy (non-hydrogen) atoms. The van der Waals surface area contributed by atoms with Gasteiger partial charge in [-0.2, -0.15) is 0 Å². The summed E-state index contributed by atoms with van der Waals surface area (Å²) in [6.45, 7) is 3.59. The van der Waals surface area contributed by atoms with Gasteiger partial charge in [-0.25, -0.2) is 4.98 Å². The topological polar surface area (TPSA) is 72.9 Å². The van der Waals surface area contributed by atoms with Crippen molar-refractivity contribution in [3.63, 3.8) is 0 Å². The van der Waals surface area contributed by atoms with Crippen molar-refractivity contribution < 1.29 is 4.79 Å². The molecule has 0 saturated heterocycles. The van der Waals surface area contributed by atoms with Crippen LogP contribution in [0.15, 0.2) is 24.5 Å². The van der Waals surface area contributed by atoms with Gasteiger partial charge in [0.25, 0.3) is 0 Å². The molecule has 2 rings (SSSR count). The highest BCUT2D eigenvalue weighted by molar-refractivity contribution is 6.40. The van der Waals surface area contributed by atoms with E-state index in [1.54, 1.807) is 23.9 Å². The van der Waals surface area contributed by atoms with Crippen LogP contribution in [-0.4, -0.2) is 15.5 Å². The molecule has 0 aliphatic heterocycles. The summed E-state index contributed by atoms with van der Waals surface area (Å²) >= 11 is 12.1. The summed E-state index contributed by atoms with van der Waals surface area (Å²) in [6, 6.07) is 2.65. The van der Waals surface area contributed by atoms with Crippen molar-refractivity contribution in [1.29, 1.82) is 0 Å². The fourth-order valence-electron chi connectivity index (χ4n) is 1.86. The molecule has 1 aromatic carbocycles. The van der Waals surface area contributed by atoms with Crippen LogP contribution in [0.2, 0.25) is 10.0 Å². The normalized spacial score (nSPS) is 12.2. The highest BCUT2D eigenvalue weighted by Gasteiger charge is 2.19. The van der Waals surface area contributed by atoms with Crippen LogP contribution in [0.3, 0.4) is 0 Å². The maximum Gasteiger partial charge on any atom is 0.247 e. The van der Waals surface area contributed by atoms with E-state index in [1.165, 1.54) is 12.1 Å². The number of carbonyl (C=O) groups excluding carboxylic acids is 1. The largest absolute Gasteiger partial charge is 0.399 e. The average molecular weight is 313 g/mol. The Morgan fingerprint density at radius 3 is 2.50 bits per heavy atom. The molecular weight excluding hydrogens is 299 g/mol. The van der Waals surface area contributed by atoms with E-state index in [4.69, 9.17) is 28.9 Å². The molecular formula is C13H14Cl2N4O. The predicted octanol–water partition coefficient (Wildman–Crippen LogP) is 3.28. The lowest BCUT2D eigenvalue weighted by atomic mass is 10.2. The minimum absolute atomic E-state index is 0.236. The summed E-state index contributed by atoms with van der Waals surface area (Å²) in [6.07, 6.45) is 3.38. The first-order valence-corrected chi connectivity index (χ1v) is 6.70. The zero-order valence-electron chi connectivity index (χ0n) is 11.0. The van der Waals surface area contributed by atoms with Crippen molar-refractivity contribution in [1.82, 2.24) is 9.55 Å². The van der Waals surface area contributed by atoms with Crippen LogP contribution in [0.1, 0.15) is 18.8 Å². The number of hydrogen-bond acceptors (Lipinski definition) is 3. The monoisotopic (exact) mass is 312 g/mol. The van der Waals surface area contributed by atoms with E-state index in [1.807, 2.05) is 6.92 Å². The molecule has 0 fully saturated rings. The summed E-state index contributed by atoms with van der Waals surface area (Å²) in [5.74, 6) is 0.516. The number of rotatable bonds is 3. The van der Waals surface area contributed by atoms with Crippen LogP contribution in [0, 0.1) is 6.92 Å². The second kappa shape index (κ2) is 5.73. The van der Waals surface area contributed by atoms with E-state index in [0.717, 1.165) is 5.82 Å². The van der Waals surface area contributed by atoms with Crippen LogP contribution in [0.25, 0.3) is 0 Å². The molecule has 2 aromatic rings. The fourth-order valence-corrected chi connectivity index (χ4v) is 2.46. The molecule has 7 heteroatoms. The first-order valence-electron chi connectivity index (χ1n) is 5.95. The lowest BCUT2D eigenvalue weighted by molar-refractivity contribution is -0.118. The molecule has 1 atom stereocenters. The lowest BCUT2D eigenvalue weighted by Gasteiger charge is -2.16. The van der Waals surface area contributed by atoms with Gasteiger partial charge in [0.15, 0.2) is 0 Å². The molecule has 106 valence electrons. The standard InChI is InChI=1S/C13H14Cl2N4O/c1-7(19-4-3-17-8(19)2)13(20)18-12-10(14)5-9(16)6-11(12)15/h3-7H,16H2,1-2H3,(H,18,20). The van der Waals surface area contributed by atoms with Crippen molar-refractivity contribution >= 4 is 40.5 Å². The molecule has 1 aromatic heterocycles. The van der Waals surface area contributed by atoms with Gasteiger partial charge in [-0.3, -0.25) is 4.79 Å². The second-order valence-electron chi connectivity index (χ2n) is 4.41. The van der Waals surface area contributed by atoms with E-state index >= 15 is 0 Å². The molecule has 0 saturated carbocycles. The van der Waals surface area contributed by atoms with Gasteiger partial charge in [0, 0.05) is 18.1 Å². The van der Waals surface area contributed by atoms with Crippen LogP contribution < -0.4 is 11.1 Å². The molecule has 0 aliphatic rings. The van der Waals surface area contributed by atoms with E-state index in [2.05, 4.69) is 10.3 Å². The Kier molecular flexibility index (Phi) is 4.20. The molecule has 1 unspecified atom stereocenters. The Morgan fingerprint density at radius 2 is 2.00 bits per heavy atom. The highest BCUT2D eigenvalue weighted by Crippen LogP contribution is 2.33. The number of imidazole rings is 1. The third-order valence-corrected chi connectivity index (χ3v) is 3.57. The van der Waals surface area contributed by atoms with Crippen molar-refractivity contribution in [3.8, 4) is 0 Å². The zero-order valence-corrected chi connectivity index (χ0v) is 12.5. The van der Waals surface area contributed by atoms with E-state index in [0.29, 0.717) is 21.4 Å². The highest BCUT2D eigenvalue weighted by atomic mass is 35.5. The van der Waals surface area contributed by atoms with Gasteiger partial charge >= 0.3 is 0 Å². The van der Waals surface area contributed by atoms with Crippen LogP contribution in [0.5, 0.6) is 0 Å². The van der Waals surface area contributed by atoms with Crippen LogP contribution in [0.4, 0.5) is 11.4 Å². The molecule has 0 aliphatic carbocycles. The first kappa shape index (κ1) is 14.7. The van der Waals surface area contributed by atoms with Crippen molar-refractivity contribution in [2.75, 3.05) is 11.1 Å². The second-order valence-corrected chi connectivity index (χ2v) is 5.22. The Labute approximate surface area is 126 Å². The number of nitrogen functional groups attached to an aromatic ring is 1. The minimum Gasteiger partial charge on any atom is -0.399 e. The molecule has 0 radical (unpaired) electrons. The molecule has 5 nitrogen and oxygen atoms in total. The number of benzene rings is 1. The number of aryl methyl sites for hydroxylation is 1. The smallest absolute Gasteiger partial charge is 0.247 e. The summed E-state index contributed by atoms with van der Waals surface area (Å²) in [4.78, 5) is 16.3. The Hall–Kier alpha value is -1.72. The van der Waals surface area contributed by atoms with E-state index in [9.17, 15) is 4.79 Å². The summed E-state index contributed by atoms with van der Waals surface area (Å²) in [5, 5.41) is 3.32. The van der Waals surface area contributed by atoms with Gasteiger partial charge in [0.1, 0.15) is 11.9 Å². The molecule has 3 N–H and O–H groups in total. The number of amides is 1. The summed E-state index contributed by atoms with van der Waals surface area (Å²) in [7, 11) is 0. The lowest BCUT2D eigenvalue weighted by Crippen LogP contribution is -2.24. The average Bonchev–Trinajstić information content (AvgIpc) is 2.78. The van der Waals surface area contributed by atoms with Gasteiger partial charge in [-0.1, -0.05) is 23.2 Å². The quantitative estimate of drug-likeness (QED) is 0.854. The van der Waals surface area contributed by atoms with Crippen molar-refractivity contribution in [3.05, 3.63) is 40.4 Å². The number of aromatic nitrogens is 2. The molecule has 1 amide bonds. The fraction of sp³-hybridized carbons (Fsp3) is 0.231. The van der Waals surface area contributed by atoms with E-state index in [-0.39, 0.29) is 5.91 Å². The van der Waals surface area contributed by atoms with Crippen LogP contribution >= 0.6 is 23.2 Å². The Morgan fingerprint density at radius 1 is 1.40 bits per heavy atom. The third kappa shape index (κ3) is 2.89. The Balaban J connectivity index is 2.23. The summed E-state index contributed by atoms with van der Waals surface area (Å²) < 4.78 is 1.76. The number of carbonyl (C=O) groups is 1. The van der Waals surface area contributed by atoms with Gasteiger partial charge in [-0.05, 0) is 26.0 Å². The summed E-state index contributed by atoms with van der Waals surface area (Å²) in [5.41, 5.74) is 6.42. The maximum absolute atomic E-state index is 12.2. The number of nitrogens with one attached hydrogen (secondary N) is 1. The van der Waals surface area contributed by atoms with Crippen LogP contribution in [-0.2, 0) is 4.79 Å². The number of anilines is 2. The number of hydrogen-bond donors (Lipinski definition) is 2. The van der Waals surface area contributed by atoms with Crippen molar-refractivity contribution in [2.45, 2.75) is 19.9 Å². The van der Waals surface area contributed by atoms with E-state index < -0.39 is 6.04 Å². The third-order valence-electron chi connectivity index (χ3n) is 2.97. The van der Waals surface area contributed by atoms with Gasteiger partial charge in [0.05, 0.1) is 15.7 Å². The van der Waals surface area contributed by atoms with Gasteiger partial charge < -0.3 is 15.6 Å². The number of nitrogens with zero attached hydrogens (tertiary/aromatic N) is 2. The minimum atomic E-state index is -0.429. The first-order chi connectivity index (χ1) is 9.40. The SMILES string of the molecule is Cc1nccn1C(C)C(=O)Nc1c(Cl)cc(N)cc1Cl. The van der Waals surface area contributed by atoms with Gasteiger partial charge in [0.2, 0.25) is 5.91 Å². The molecule has 0 bridgehead atoms. The van der Waals surface area contributed by atoms with Crippen molar-refractivity contribution in [2.24, 2.45) is 0 Å². The molecule has 0 spiro atoms. The Bertz CT molecular complexity index is 631. The number of halogens is 2. The van der Waals surface area contributed by atoms with Gasteiger partial charge in [-0.15, -0.1) is 0 Å². The zero-order chi connectivity index (χ0) is 14.9.